The van der Waals surface area contributed by atoms with Crippen molar-refractivity contribution in [2.45, 2.75) is 38.5 Å². The Morgan fingerprint density at radius 3 is 1.60 bits per heavy atom. The maximum atomic E-state index is 14.0. The number of rotatable bonds is 9. The minimum atomic E-state index is -0.555. The number of hydrogen-bond acceptors (Lipinski definition) is 3. The number of carbonyl (C=O) groups excluding carboxylic acids is 2. The molecule has 0 spiro atoms. The molecule has 0 N–H and O–H groups in total. The zero-order valence-electron chi connectivity index (χ0n) is 24.6. The first kappa shape index (κ1) is 32.4. The molecule has 0 aliphatic heterocycles. The van der Waals surface area contributed by atoms with Gasteiger partial charge in [0, 0.05) is 51.4 Å². The average molecular weight is 733 g/mol. The molecule has 45 heavy (non-hydrogen) atoms. The van der Waals surface area contributed by atoms with Gasteiger partial charge in [-0.3, -0.25) is 19.0 Å². The highest BCUT2D eigenvalue weighted by atomic mass is 79.9. The lowest BCUT2D eigenvalue weighted by molar-refractivity contribution is 0.0892. The summed E-state index contributed by atoms with van der Waals surface area (Å²) in [4.78, 5) is 40.5. The minimum absolute atomic E-state index is 0.0385. The zero-order valence-corrected chi connectivity index (χ0v) is 27.7. The highest BCUT2D eigenvalue weighted by Gasteiger charge is 2.25. The van der Waals surface area contributed by atoms with Gasteiger partial charge in [0.25, 0.3) is 5.56 Å². The molecule has 1 aromatic heterocycles. The Morgan fingerprint density at radius 2 is 1.13 bits per heavy atom. The van der Waals surface area contributed by atoms with Crippen LogP contribution in [0.2, 0.25) is 0 Å². The molecule has 0 saturated carbocycles. The maximum Gasteiger partial charge on any atom is 0.257 e. The highest BCUT2D eigenvalue weighted by molar-refractivity contribution is 9.10. The third kappa shape index (κ3) is 7.63. The van der Waals surface area contributed by atoms with Crippen molar-refractivity contribution in [3.63, 3.8) is 0 Å². The lowest BCUT2D eigenvalue weighted by Crippen LogP contribution is -2.28. The normalized spacial score (nSPS) is 12.5. The molecule has 2 atom stereocenters. The van der Waals surface area contributed by atoms with Crippen LogP contribution in [0.5, 0.6) is 0 Å². The van der Waals surface area contributed by atoms with Gasteiger partial charge in [0.05, 0.1) is 0 Å². The van der Waals surface area contributed by atoms with E-state index in [1.807, 2.05) is 48.5 Å². The van der Waals surface area contributed by atoms with E-state index in [1.165, 1.54) is 42.6 Å². The molecule has 4 aromatic carbocycles. The second kappa shape index (κ2) is 14.0. The highest BCUT2D eigenvalue weighted by Crippen LogP contribution is 2.34. The van der Waals surface area contributed by atoms with E-state index in [1.54, 1.807) is 26.0 Å². The van der Waals surface area contributed by atoms with Crippen molar-refractivity contribution in [1.29, 1.82) is 0 Å². The Hall–Kier alpha value is -4.01. The van der Waals surface area contributed by atoms with E-state index >= 15 is 0 Å². The second-order valence-electron chi connectivity index (χ2n) is 11.1. The Bertz CT molecular complexity index is 1940. The number of aryl methyl sites for hydroxylation is 2. The van der Waals surface area contributed by atoms with Crippen LogP contribution < -0.4 is 5.56 Å². The molecule has 0 aliphatic carbocycles. The molecule has 1 heterocycles. The van der Waals surface area contributed by atoms with Crippen LogP contribution in [0.4, 0.5) is 8.78 Å². The summed E-state index contributed by atoms with van der Waals surface area (Å²) in [6, 6.07) is 26.7. The topological polar surface area (TPSA) is 56.1 Å². The molecule has 0 bridgehead atoms. The van der Waals surface area contributed by atoms with Gasteiger partial charge in [0.1, 0.15) is 11.6 Å². The summed E-state index contributed by atoms with van der Waals surface area (Å²) in [7, 11) is 0. The fraction of sp³-hybridized carbons (Fsp3) is 0.162. The summed E-state index contributed by atoms with van der Waals surface area (Å²) >= 11 is 6.89. The minimum Gasteiger partial charge on any atom is -0.294 e. The first-order chi connectivity index (χ1) is 21.5. The molecule has 5 rings (SSSR count). The molecule has 0 amide bonds. The summed E-state index contributed by atoms with van der Waals surface area (Å²) in [6.07, 6.45) is 1.26. The second-order valence-corrected chi connectivity index (χ2v) is 12.9. The molecule has 0 radical (unpaired) electrons. The van der Waals surface area contributed by atoms with E-state index in [2.05, 4.69) is 31.9 Å². The van der Waals surface area contributed by atoms with Gasteiger partial charge in [0.15, 0.2) is 5.78 Å². The molecule has 4 nitrogen and oxygen atoms in total. The molecule has 0 aliphatic rings. The van der Waals surface area contributed by atoms with Crippen LogP contribution in [-0.2, 0) is 0 Å². The SMILES string of the molecule is Cc1cc(F)ccc1C(CC(=O)c1ccc(=O)n(C(=O)CC(c2ccc(Br)cc2)c2ccc(F)cc2C)c1)c1ccc(Br)cc1. The Labute approximate surface area is 277 Å². The molecular formula is C37H29Br2F2NO3. The van der Waals surface area contributed by atoms with Crippen LogP contribution in [0, 0.1) is 25.5 Å². The Morgan fingerprint density at radius 1 is 0.667 bits per heavy atom. The molecule has 5 aromatic rings. The van der Waals surface area contributed by atoms with E-state index in [-0.39, 0.29) is 41.7 Å². The molecule has 0 fully saturated rings. The van der Waals surface area contributed by atoms with Crippen LogP contribution in [0.15, 0.2) is 117 Å². The fourth-order valence-corrected chi connectivity index (χ4v) is 6.22. The van der Waals surface area contributed by atoms with Gasteiger partial charge in [-0.15, -0.1) is 0 Å². The number of Topliss-reactive ketones (excluding diaryl/α,β-unsaturated/α-hetero) is 1. The van der Waals surface area contributed by atoms with Gasteiger partial charge in [-0.25, -0.2) is 8.78 Å². The molecule has 228 valence electrons. The third-order valence-electron chi connectivity index (χ3n) is 8.03. The predicted molar refractivity (Wildman–Crippen MR) is 179 cm³/mol. The average Bonchev–Trinajstić information content (AvgIpc) is 3.00. The predicted octanol–water partition coefficient (Wildman–Crippen LogP) is 9.54. The summed E-state index contributed by atoms with van der Waals surface area (Å²) in [6.45, 7) is 3.59. The number of aromatic nitrogens is 1. The van der Waals surface area contributed by atoms with Crippen molar-refractivity contribution < 1.29 is 18.4 Å². The first-order valence-electron chi connectivity index (χ1n) is 14.3. The number of halogens is 4. The largest absolute Gasteiger partial charge is 0.294 e. The van der Waals surface area contributed by atoms with E-state index in [0.29, 0.717) is 11.1 Å². The van der Waals surface area contributed by atoms with E-state index in [4.69, 9.17) is 0 Å². The van der Waals surface area contributed by atoms with E-state index < -0.39 is 17.4 Å². The van der Waals surface area contributed by atoms with Gasteiger partial charge < -0.3 is 0 Å². The number of ketones is 1. The van der Waals surface area contributed by atoms with Gasteiger partial charge in [-0.05, 0) is 102 Å². The monoisotopic (exact) mass is 731 g/mol. The summed E-state index contributed by atoms with van der Waals surface area (Å²) < 4.78 is 30.7. The van der Waals surface area contributed by atoms with Crippen LogP contribution >= 0.6 is 31.9 Å². The third-order valence-corrected chi connectivity index (χ3v) is 9.09. The number of pyridine rings is 1. The summed E-state index contributed by atoms with van der Waals surface area (Å²) in [5, 5.41) is 0. The van der Waals surface area contributed by atoms with Crippen LogP contribution in [0.1, 0.15) is 73.2 Å². The lowest BCUT2D eigenvalue weighted by Gasteiger charge is -2.21. The van der Waals surface area contributed by atoms with Crippen molar-refractivity contribution in [2.24, 2.45) is 0 Å². The Balaban J connectivity index is 1.47. The zero-order chi connectivity index (χ0) is 32.2. The van der Waals surface area contributed by atoms with Gasteiger partial charge >= 0.3 is 0 Å². The van der Waals surface area contributed by atoms with E-state index in [0.717, 1.165) is 35.8 Å². The Kier molecular flexibility index (Phi) is 10.0. The summed E-state index contributed by atoms with van der Waals surface area (Å²) in [5.74, 6) is -2.35. The van der Waals surface area contributed by atoms with Crippen molar-refractivity contribution in [2.75, 3.05) is 0 Å². The quantitative estimate of drug-likeness (QED) is 0.142. The van der Waals surface area contributed by atoms with Crippen molar-refractivity contribution in [1.82, 2.24) is 4.57 Å². The fourth-order valence-electron chi connectivity index (χ4n) is 5.69. The standard InChI is InChI=1S/C37H29Br2F2NO3/c1-22-17-29(40)12-14-31(22)33(24-3-8-27(38)9-4-24)19-35(43)26-7-16-36(44)42(21-26)37(45)20-34(25-5-10-28(39)11-6-25)32-15-13-30(41)18-23(32)2/h3-18,21,33-34H,19-20H2,1-2H3. The molecule has 2 unspecified atom stereocenters. The van der Waals surface area contributed by atoms with Gasteiger partial charge in [-0.2, -0.15) is 0 Å². The molecule has 8 heteroatoms. The van der Waals surface area contributed by atoms with Crippen molar-refractivity contribution in [3.05, 3.63) is 173 Å². The van der Waals surface area contributed by atoms with Crippen LogP contribution in [-0.4, -0.2) is 16.3 Å². The number of hydrogen-bond donors (Lipinski definition) is 0. The van der Waals surface area contributed by atoms with Crippen molar-refractivity contribution >= 4 is 43.6 Å². The first-order valence-corrected chi connectivity index (χ1v) is 15.9. The molecular weight excluding hydrogens is 704 g/mol. The van der Waals surface area contributed by atoms with Crippen LogP contribution in [0.3, 0.4) is 0 Å². The summed E-state index contributed by atoms with van der Waals surface area (Å²) in [5.41, 5.74) is 4.32. The van der Waals surface area contributed by atoms with Crippen LogP contribution in [0.25, 0.3) is 0 Å². The number of carbonyl (C=O) groups is 2. The molecule has 0 saturated heterocycles. The number of nitrogens with zero attached hydrogens (tertiary/aromatic N) is 1. The van der Waals surface area contributed by atoms with Crippen molar-refractivity contribution in [3.8, 4) is 0 Å². The van der Waals surface area contributed by atoms with Gasteiger partial charge in [0.2, 0.25) is 5.91 Å². The smallest absolute Gasteiger partial charge is 0.257 e. The lowest BCUT2D eigenvalue weighted by atomic mass is 9.84. The van der Waals surface area contributed by atoms with Gasteiger partial charge in [-0.1, -0.05) is 68.3 Å². The van der Waals surface area contributed by atoms with E-state index in [9.17, 15) is 23.2 Å². The number of benzene rings is 4. The maximum absolute atomic E-state index is 14.0.